The maximum absolute atomic E-state index is 12.6. The molecule has 0 saturated heterocycles. The summed E-state index contributed by atoms with van der Waals surface area (Å²) in [7, 11) is 0. The summed E-state index contributed by atoms with van der Waals surface area (Å²) in [4.78, 5) is 26.9. The van der Waals surface area contributed by atoms with Crippen LogP contribution in [0.3, 0.4) is 0 Å². The fraction of sp³-hybridized carbons (Fsp3) is 0.500. The van der Waals surface area contributed by atoms with E-state index in [-0.39, 0.29) is 11.3 Å². The van der Waals surface area contributed by atoms with Crippen LogP contribution in [0.4, 0.5) is 5.95 Å². The van der Waals surface area contributed by atoms with Gasteiger partial charge in [0.15, 0.2) is 0 Å². The van der Waals surface area contributed by atoms with Crippen LogP contribution >= 0.6 is 11.3 Å². The molecule has 1 aliphatic carbocycles. The summed E-state index contributed by atoms with van der Waals surface area (Å²) in [6.45, 7) is 11.1. The van der Waals surface area contributed by atoms with Crippen LogP contribution in [0.5, 0.6) is 0 Å². The third kappa shape index (κ3) is 6.45. The van der Waals surface area contributed by atoms with Crippen molar-refractivity contribution >= 4 is 23.2 Å². The lowest BCUT2D eigenvalue weighted by Gasteiger charge is -2.28. The predicted octanol–water partition coefficient (Wildman–Crippen LogP) is 6.52. The Balaban J connectivity index is 1.39. The zero-order valence-corrected chi connectivity index (χ0v) is 22.3. The van der Waals surface area contributed by atoms with Crippen molar-refractivity contribution in [3.8, 4) is 11.3 Å². The largest absolute Gasteiger partial charge is 0.351 e. The molecular formula is C28H37N5OS. The van der Waals surface area contributed by atoms with Gasteiger partial charge in [-0.2, -0.15) is 0 Å². The Labute approximate surface area is 213 Å². The number of carbonyl (C=O) groups excluding carboxylic acids is 1. The molecule has 35 heavy (non-hydrogen) atoms. The van der Waals surface area contributed by atoms with Gasteiger partial charge in [0.2, 0.25) is 5.95 Å². The van der Waals surface area contributed by atoms with Gasteiger partial charge in [0.25, 0.3) is 5.91 Å². The predicted molar refractivity (Wildman–Crippen MR) is 144 cm³/mol. The molecule has 0 spiro atoms. The summed E-state index contributed by atoms with van der Waals surface area (Å²) < 4.78 is 0. The van der Waals surface area contributed by atoms with Crippen LogP contribution in [0, 0.1) is 12.8 Å². The normalized spacial score (nSPS) is 15.6. The van der Waals surface area contributed by atoms with Crippen molar-refractivity contribution in [2.24, 2.45) is 5.92 Å². The molecule has 3 aromatic rings. The van der Waals surface area contributed by atoms with Gasteiger partial charge in [0, 0.05) is 29.8 Å². The smallest absolute Gasteiger partial charge is 0.263 e. The van der Waals surface area contributed by atoms with E-state index in [4.69, 9.17) is 4.98 Å². The first kappa shape index (κ1) is 25.3. The van der Waals surface area contributed by atoms with E-state index in [0.717, 1.165) is 27.4 Å². The lowest BCUT2D eigenvalue weighted by atomic mass is 9.85. The van der Waals surface area contributed by atoms with Gasteiger partial charge in [-0.05, 0) is 55.9 Å². The number of nitrogens with zero attached hydrogens (tertiary/aromatic N) is 3. The second-order valence-corrected chi connectivity index (χ2v) is 11.7. The average Bonchev–Trinajstić information content (AvgIpc) is 3.35. The quantitative estimate of drug-likeness (QED) is 0.393. The fourth-order valence-corrected chi connectivity index (χ4v) is 5.48. The van der Waals surface area contributed by atoms with Gasteiger partial charge < -0.3 is 10.6 Å². The minimum Gasteiger partial charge on any atom is -0.351 e. The van der Waals surface area contributed by atoms with Crippen LogP contribution in [0.1, 0.15) is 85.6 Å². The van der Waals surface area contributed by atoms with E-state index in [1.54, 1.807) is 6.20 Å². The van der Waals surface area contributed by atoms with Crippen molar-refractivity contribution in [1.29, 1.82) is 0 Å². The van der Waals surface area contributed by atoms with Crippen LogP contribution in [0.2, 0.25) is 0 Å². The Morgan fingerprint density at radius 2 is 1.91 bits per heavy atom. The molecule has 1 aromatic carbocycles. The highest BCUT2D eigenvalue weighted by Gasteiger charge is 2.21. The van der Waals surface area contributed by atoms with Gasteiger partial charge in [-0.25, -0.2) is 15.0 Å². The number of thiazole rings is 1. The number of anilines is 1. The highest BCUT2D eigenvalue weighted by molar-refractivity contribution is 7.13. The van der Waals surface area contributed by atoms with Gasteiger partial charge >= 0.3 is 0 Å². The highest BCUT2D eigenvalue weighted by atomic mass is 32.1. The average molecular weight is 492 g/mol. The summed E-state index contributed by atoms with van der Waals surface area (Å²) >= 11 is 1.46. The van der Waals surface area contributed by atoms with Crippen molar-refractivity contribution in [3.05, 3.63) is 57.7 Å². The first-order valence-electron chi connectivity index (χ1n) is 12.6. The molecule has 1 atom stereocenters. The molecule has 6 nitrogen and oxygen atoms in total. The minimum absolute atomic E-state index is 0.0556. The lowest BCUT2D eigenvalue weighted by molar-refractivity contribution is 0.0954. The monoisotopic (exact) mass is 491 g/mol. The summed E-state index contributed by atoms with van der Waals surface area (Å²) in [6, 6.07) is 8.58. The Morgan fingerprint density at radius 3 is 2.60 bits per heavy atom. The first-order valence-corrected chi connectivity index (χ1v) is 13.5. The molecule has 1 saturated carbocycles. The number of rotatable bonds is 7. The van der Waals surface area contributed by atoms with Gasteiger partial charge in [-0.15, -0.1) is 11.3 Å². The van der Waals surface area contributed by atoms with Crippen molar-refractivity contribution in [1.82, 2.24) is 20.3 Å². The Kier molecular flexibility index (Phi) is 7.85. The summed E-state index contributed by atoms with van der Waals surface area (Å²) in [5.74, 6) is 1.30. The molecule has 0 unspecified atom stereocenters. The molecule has 7 heteroatoms. The van der Waals surface area contributed by atoms with Crippen molar-refractivity contribution in [3.63, 3.8) is 0 Å². The van der Waals surface area contributed by atoms with E-state index in [2.05, 4.69) is 73.4 Å². The number of benzene rings is 1. The maximum Gasteiger partial charge on any atom is 0.263 e. The number of hydrogen-bond donors (Lipinski definition) is 2. The van der Waals surface area contributed by atoms with E-state index >= 15 is 0 Å². The van der Waals surface area contributed by atoms with Crippen LogP contribution in [-0.4, -0.2) is 26.9 Å². The molecule has 1 amide bonds. The highest BCUT2D eigenvalue weighted by Crippen LogP contribution is 2.29. The number of nitrogens with one attached hydrogen (secondary N) is 2. The number of aryl methyl sites for hydroxylation is 1. The van der Waals surface area contributed by atoms with Crippen LogP contribution in [-0.2, 0) is 12.0 Å². The van der Waals surface area contributed by atoms with Gasteiger partial charge in [-0.3, -0.25) is 4.79 Å². The first-order chi connectivity index (χ1) is 16.7. The fourth-order valence-electron chi connectivity index (χ4n) is 4.59. The third-order valence-electron chi connectivity index (χ3n) is 6.82. The zero-order chi connectivity index (χ0) is 25.0. The topological polar surface area (TPSA) is 79.8 Å². The van der Waals surface area contributed by atoms with Crippen LogP contribution in [0.15, 0.2) is 36.7 Å². The maximum atomic E-state index is 12.6. The van der Waals surface area contributed by atoms with Crippen LogP contribution < -0.4 is 10.6 Å². The molecule has 0 aliphatic heterocycles. The molecule has 2 aromatic heterocycles. The minimum atomic E-state index is -0.0833. The number of aromatic nitrogens is 3. The van der Waals surface area contributed by atoms with Crippen molar-refractivity contribution < 1.29 is 4.79 Å². The molecule has 2 heterocycles. The molecule has 1 aliphatic rings. The number of hydrogen-bond acceptors (Lipinski definition) is 6. The van der Waals surface area contributed by atoms with Gasteiger partial charge in [0.05, 0.1) is 16.9 Å². The Bertz CT molecular complexity index is 1160. The third-order valence-corrected chi connectivity index (χ3v) is 8.24. The standard InChI is InChI=1S/C28H37N5OS/c1-18-15-21(23-13-14-29-27(33-23)32-19(2)20-9-7-6-8-10-20)11-12-22(18)16-30-25(34)24-17-31-26(35-24)28(3,4)5/h11-15,17,19-20H,6-10,16H2,1-5H3,(H,30,34)(H,29,32,33)/t19-/m0/s1. The molecule has 1 fully saturated rings. The van der Waals surface area contributed by atoms with Crippen LogP contribution in [0.25, 0.3) is 11.3 Å². The summed E-state index contributed by atoms with van der Waals surface area (Å²) in [5, 5.41) is 7.54. The van der Waals surface area contributed by atoms with E-state index in [0.29, 0.717) is 29.3 Å². The number of amides is 1. The van der Waals surface area contributed by atoms with Crippen molar-refractivity contribution in [2.45, 2.75) is 84.7 Å². The molecule has 2 N–H and O–H groups in total. The second kappa shape index (κ2) is 10.9. The molecular weight excluding hydrogens is 454 g/mol. The van der Waals surface area contributed by atoms with E-state index in [1.165, 1.54) is 43.4 Å². The van der Waals surface area contributed by atoms with E-state index < -0.39 is 0 Å². The SMILES string of the molecule is Cc1cc(-c2ccnc(N[C@@H](C)C3CCCCC3)n2)ccc1CNC(=O)c1cnc(C(C)(C)C)s1. The number of carbonyl (C=O) groups is 1. The summed E-state index contributed by atoms with van der Waals surface area (Å²) in [5.41, 5.74) is 4.09. The Hall–Kier alpha value is -2.80. The van der Waals surface area contributed by atoms with Crippen molar-refractivity contribution in [2.75, 3.05) is 5.32 Å². The molecule has 186 valence electrons. The molecule has 0 bridgehead atoms. The second-order valence-electron chi connectivity index (χ2n) is 10.7. The lowest BCUT2D eigenvalue weighted by Crippen LogP contribution is -2.28. The van der Waals surface area contributed by atoms with Gasteiger partial charge in [-0.1, -0.05) is 52.2 Å². The van der Waals surface area contributed by atoms with E-state index in [1.807, 2.05) is 12.3 Å². The van der Waals surface area contributed by atoms with E-state index in [9.17, 15) is 4.79 Å². The Morgan fingerprint density at radius 1 is 1.14 bits per heavy atom. The summed E-state index contributed by atoms with van der Waals surface area (Å²) in [6.07, 6.45) is 10.1. The molecule has 4 rings (SSSR count). The van der Waals surface area contributed by atoms with Gasteiger partial charge in [0.1, 0.15) is 4.88 Å². The zero-order valence-electron chi connectivity index (χ0n) is 21.5. The molecule has 0 radical (unpaired) electrons.